The van der Waals surface area contributed by atoms with Gasteiger partial charge in [0, 0.05) is 12.1 Å². The number of hydrogen-bond donors (Lipinski definition) is 2. The van der Waals surface area contributed by atoms with E-state index < -0.39 is 0 Å². The van der Waals surface area contributed by atoms with Crippen molar-refractivity contribution in [3.05, 3.63) is 83.4 Å². The summed E-state index contributed by atoms with van der Waals surface area (Å²) in [6, 6.07) is 22.0. The van der Waals surface area contributed by atoms with Crippen LogP contribution >= 0.6 is 0 Å². The lowest BCUT2D eigenvalue weighted by Gasteiger charge is -2.20. The van der Waals surface area contributed by atoms with Crippen molar-refractivity contribution < 1.29 is 9.59 Å². The van der Waals surface area contributed by atoms with Crippen LogP contribution in [0.4, 0.5) is 0 Å². The van der Waals surface area contributed by atoms with E-state index in [0.717, 1.165) is 24.0 Å². The molecule has 0 spiro atoms. The molecule has 3 aromatic carbocycles. The third-order valence-corrected chi connectivity index (χ3v) is 5.04. The van der Waals surface area contributed by atoms with Gasteiger partial charge >= 0.3 is 0 Å². The molecule has 4 heteroatoms. The summed E-state index contributed by atoms with van der Waals surface area (Å²) in [4.78, 5) is 23.5. The normalized spacial score (nSPS) is 14.6. The number of rotatable bonds is 6. The molecule has 1 saturated carbocycles. The zero-order chi connectivity index (χ0) is 18.0. The third kappa shape index (κ3) is 3.06. The summed E-state index contributed by atoms with van der Waals surface area (Å²) in [5.41, 5.74) is 2.28. The molecule has 1 aliphatic carbocycles. The molecule has 0 aliphatic heterocycles. The average molecular weight is 344 g/mol. The Labute approximate surface area is 152 Å². The number of nitrogens with one attached hydrogen (secondary N) is 2. The number of carbonyl (C=O) groups excluding carboxylic acids is 2. The topological polar surface area (TPSA) is 58.2 Å². The minimum Gasteiger partial charge on any atom is -0.355 e. The fourth-order valence-electron chi connectivity index (χ4n) is 3.43. The van der Waals surface area contributed by atoms with Crippen LogP contribution in [0.2, 0.25) is 0 Å². The van der Waals surface area contributed by atoms with Crippen LogP contribution in [0.25, 0.3) is 10.8 Å². The summed E-state index contributed by atoms with van der Waals surface area (Å²) in [6.45, 7) is 0.343. The average Bonchev–Trinajstić information content (AvgIpc) is 3.46. The molecule has 0 unspecified atom stereocenters. The van der Waals surface area contributed by atoms with Gasteiger partial charge in [0.2, 0.25) is 6.41 Å². The third-order valence-electron chi connectivity index (χ3n) is 5.04. The van der Waals surface area contributed by atoms with Crippen LogP contribution in [0.15, 0.2) is 66.7 Å². The van der Waals surface area contributed by atoms with Crippen molar-refractivity contribution in [1.82, 2.24) is 10.6 Å². The smallest absolute Gasteiger partial charge is 0.252 e. The van der Waals surface area contributed by atoms with Gasteiger partial charge in [0.25, 0.3) is 5.91 Å². The van der Waals surface area contributed by atoms with Gasteiger partial charge in [-0.25, -0.2) is 0 Å². The van der Waals surface area contributed by atoms with Crippen LogP contribution in [0.3, 0.4) is 0 Å². The minimum absolute atomic E-state index is 0.0982. The van der Waals surface area contributed by atoms with Crippen LogP contribution in [0.1, 0.15) is 34.3 Å². The lowest BCUT2D eigenvalue weighted by atomic mass is 9.99. The van der Waals surface area contributed by atoms with E-state index in [1.807, 2.05) is 30.3 Å². The molecule has 4 rings (SSSR count). The zero-order valence-electron chi connectivity index (χ0n) is 14.4. The number of fused-ring (bicyclic) bond motifs is 1. The molecule has 0 radical (unpaired) electrons. The van der Waals surface area contributed by atoms with Gasteiger partial charge in [0.05, 0.1) is 5.54 Å². The second kappa shape index (κ2) is 6.64. The van der Waals surface area contributed by atoms with E-state index in [2.05, 4.69) is 41.0 Å². The van der Waals surface area contributed by atoms with Crippen LogP contribution in [-0.2, 0) is 16.9 Å². The molecular formula is C22H20N2O2. The van der Waals surface area contributed by atoms with Crippen LogP contribution in [0, 0.1) is 0 Å². The molecule has 0 heterocycles. The number of carbonyl (C=O) groups is 2. The molecular weight excluding hydrogens is 324 g/mol. The predicted molar refractivity (Wildman–Crippen MR) is 102 cm³/mol. The van der Waals surface area contributed by atoms with Crippen molar-refractivity contribution in [1.29, 1.82) is 0 Å². The second-order valence-corrected chi connectivity index (χ2v) is 6.75. The van der Waals surface area contributed by atoms with Crippen LogP contribution < -0.4 is 10.6 Å². The van der Waals surface area contributed by atoms with Crippen molar-refractivity contribution >= 4 is 23.1 Å². The van der Waals surface area contributed by atoms with Crippen LogP contribution in [-0.4, -0.2) is 12.3 Å². The fraction of sp³-hybridized carbons (Fsp3) is 0.182. The van der Waals surface area contributed by atoms with Gasteiger partial charge in [-0.15, -0.1) is 0 Å². The predicted octanol–water partition coefficient (Wildman–Crippen LogP) is 3.50. The number of benzene rings is 3. The summed E-state index contributed by atoms with van der Waals surface area (Å²) in [5, 5.41) is 8.24. The van der Waals surface area contributed by atoms with E-state index >= 15 is 0 Å². The van der Waals surface area contributed by atoms with Crippen molar-refractivity contribution in [2.75, 3.05) is 0 Å². The number of amides is 2. The molecule has 1 aliphatic rings. The summed E-state index contributed by atoms with van der Waals surface area (Å²) in [6.07, 6.45) is 2.52. The van der Waals surface area contributed by atoms with Crippen molar-refractivity contribution in [2.45, 2.75) is 24.9 Å². The molecule has 0 aromatic heterocycles. The molecule has 130 valence electrons. The van der Waals surface area contributed by atoms with Gasteiger partial charge in [-0.05, 0) is 46.9 Å². The molecule has 2 N–H and O–H groups in total. The molecule has 3 aromatic rings. The van der Waals surface area contributed by atoms with Gasteiger partial charge in [-0.3, -0.25) is 9.59 Å². The Kier molecular flexibility index (Phi) is 4.17. The lowest BCUT2D eigenvalue weighted by Crippen LogP contribution is -2.35. The minimum atomic E-state index is -0.285. The maximum absolute atomic E-state index is 12.9. The summed E-state index contributed by atoms with van der Waals surface area (Å²) >= 11 is 0. The first-order valence-corrected chi connectivity index (χ1v) is 8.79. The Morgan fingerprint density at radius 2 is 1.69 bits per heavy atom. The molecule has 26 heavy (non-hydrogen) atoms. The molecule has 1 fully saturated rings. The first kappa shape index (κ1) is 16.3. The Balaban J connectivity index is 1.60. The largest absolute Gasteiger partial charge is 0.355 e. The van der Waals surface area contributed by atoms with E-state index in [4.69, 9.17) is 0 Å². The van der Waals surface area contributed by atoms with E-state index in [0.29, 0.717) is 18.5 Å². The molecule has 0 saturated heterocycles. The Hall–Kier alpha value is -3.14. The number of hydrogen-bond acceptors (Lipinski definition) is 2. The highest BCUT2D eigenvalue weighted by Crippen LogP contribution is 2.46. The highest BCUT2D eigenvalue weighted by atomic mass is 16.2. The van der Waals surface area contributed by atoms with E-state index in [-0.39, 0.29) is 11.4 Å². The van der Waals surface area contributed by atoms with Gasteiger partial charge in [-0.2, -0.15) is 0 Å². The maximum atomic E-state index is 12.9. The second-order valence-electron chi connectivity index (χ2n) is 6.75. The monoisotopic (exact) mass is 344 g/mol. The van der Waals surface area contributed by atoms with Crippen molar-refractivity contribution in [2.24, 2.45) is 0 Å². The van der Waals surface area contributed by atoms with Gasteiger partial charge < -0.3 is 10.6 Å². The highest BCUT2D eigenvalue weighted by molar-refractivity contribution is 5.96. The molecule has 4 nitrogen and oxygen atoms in total. The zero-order valence-corrected chi connectivity index (χ0v) is 14.4. The lowest BCUT2D eigenvalue weighted by molar-refractivity contribution is -0.109. The summed E-state index contributed by atoms with van der Waals surface area (Å²) in [7, 11) is 0. The Morgan fingerprint density at radius 3 is 2.46 bits per heavy atom. The van der Waals surface area contributed by atoms with Gasteiger partial charge in [-0.1, -0.05) is 54.6 Å². The first-order valence-electron chi connectivity index (χ1n) is 8.79. The standard InChI is InChI=1S/C22H20N2O2/c25-15-23-14-18-7-3-4-8-20(18)21(26)24-22(11-12-22)19-10-9-16-5-1-2-6-17(16)13-19/h1-10,13,15H,11-12,14H2,(H,23,25)(H,24,26). The van der Waals surface area contributed by atoms with E-state index in [1.165, 1.54) is 10.8 Å². The summed E-state index contributed by atoms with van der Waals surface area (Å²) < 4.78 is 0. The fourth-order valence-corrected chi connectivity index (χ4v) is 3.43. The maximum Gasteiger partial charge on any atom is 0.252 e. The van der Waals surface area contributed by atoms with Crippen molar-refractivity contribution in [3.63, 3.8) is 0 Å². The Bertz CT molecular complexity index is 977. The van der Waals surface area contributed by atoms with Crippen LogP contribution in [0.5, 0.6) is 0 Å². The van der Waals surface area contributed by atoms with Crippen molar-refractivity contribution in [3.8, 4) is 0 Å². The van der Waals surface area contributed by atoms with Gasteiger partial charge in [0.1, 0.15) is 0 Å². The molecule has 2 amide bonds. The molecule has 0 atom stereocenters. The SMILES string of the molecule is O=CNCc1ccccc1C(=O)NC1(c2ccc3ccccc3c2)CC1. The molecule has 0 bridgehead atoms. The highest BCUT2D eigenvalue weighted by Gasteiger charge is 2.45. The quantitative estimate of drug-likeness (QED) is 0.672. The summed E-state index contributed by atoms with van der Waals surface area (Å²) in [5.74, 6) is -0.0982. The van der Waals surface area contributed by atoms with E-state index in [1.54, 1.807) is 6.07 Å². The Morgan fingerprint density at radius 1 is 0.962 bits per heavy atom. The van der Waals surface area contributed by atoms with Gasteiger partial charge in [0.15, 0.2) is 0 Å². The first-order chi connectivity index (χ1) is 12.7. The van der Waals surface area contributed by atoms with E-state index in [9.17, 15) is 9.59 Å².